The fraction of sp³-hybridized carbons (Fsp3) is 0.308. The molecule has 0 amide bonds. The molecule has 5 nitrogen and oxygen atoms in total. The minimum absolute atomic E-state index is 0.336. The Morgan fingerprint density at radius 2 is 1.89 bits per heavy atom. The maximum Gasteiger partial charge on any atom is 0.171 e. The highest BCUT2D eigenvalue weighted by Crippen LogP contribution is 2.16. The van der Waals surface area contributed by atoms with Crippen LogP contribution in [0, 0.1) is 0 Å². The van der Waals surface area contributed by atoms with Crippen LogP contribution >= 0.6 is 0 Å². The molecular formula is C13H16N4O. The van der Waals surface area contributed by atoms with Crippen molar-refractivity contribution in [2.45, 2.75) is 13.8 Å². The summed E-state index contributed by atoms with van der Waals surface area (Å²) < 4.78 is 1.59. The van der Waals surface area contributed by atoms with Crippen molar-refractivity contribution in [2.24, 2.45) is 0 Å². The number of anilines is 1. The number of carbonyl (C=O) groups is 1. The summed E-state index contributed by atoms with van der Waals surface area (Å²) in [4.78, 5) is 12.8. The van der Waals surface area contributed by atoms with E-state index in [4.69, 9.17) is 0 Å². The molecule has 0 fully saturated rings. The summed E-state index contributed by atoms with van der Waals surface area (Å²) in [5, 5.41) is 7.63. The molecule has 0 saturated carbocycles. The third kappa shape index (κ3) is 2.40. The number of carbonyl (C=O) groups excluding carboxylic acids is 1. The number of aldehydes is 1. The van der Waals surface area contributed by atoms with Gasteiger partial charge < -0.3 is 4.90 Å². The first-order valence-electron chi connectivity index (χ1n) is 6.01. The number of nitrogens with zero attached hydrogens (tertiary/aromatic N) is 4. The zero-order valence-corrected chi connectivity index (χ0v) is 10.6. The molecule has 1 heterocycles. The van der Waals surface area contributed by atoms with Crippen LogP contribution in [0.5, 0.6) is 0 Å². The lowest BCUT2D eigenvalue weighted by Crippen LogP contribution is -2.21. The van der Waals surface area contributed by atoms with Crippen molar-refractivity contribution < 1.29 is 4.79 Å². The van der Waals surface area contributed by atoms with Gasteiger partial charge in [0.15, 0.2) is 6.29 Å². The Bertz CT molecular complexity index is 514. The van der Waals surface area contributed by atoms with E-state index < -0.39 is 0 Å². The van der Waals surface area contributed by atoms with Gasteiger partial charge in [-0.15, -0.1) is 5.10 Å². The lowest BCUT2D eigenvalue weighted by Gasteiger charge is -2.21. The van der Waals surface area contributed by atoms with E-state index in [-0.39, 0.29) is 0 Å². The van der Waals surface area contributed by atoms with Gasteiger partial charge in [0.2, 0.25) is 0 Å². The second-order valence-electron chi connectivity index (χ2n) is 3.89. The normalized spacial score (nSPS) is 10.3. The molecule has 5 heteroatoms. The van der Waals surface area contributed by atoms with Gasteiger partial charge in [-0.2, -0.15) is 0 Å². The average molecular weight is 244 g/mol. The molecule has 18 heavy (non-hydrogen) atoms. The third-order valence-corrected chi connectivity index (χ3v) is 2.87. The maximum absolute atomic E-state index is 10.5. The topological polar surface area (TPSA) is 51.0 Å². The van der Waals surface area contributed by atoms with E-state index in [2.05, 4.69) is 29.1 Å². The van der Waals surface area contributed by atoms with Crippen molar-refractivity contribution in [3.63, 3.8) is 0 Å². The molecule has 2 rings (SSSR count). The van der Waals surface area contributed by atoms with Crippen LogP contribution in [-0.2, 0) is 0 Å². The van der Waals surface area contributed by atoms with Crippen LogP contribution in [0.1, 0.15) is 24.3 Å². The number of rotatable bonds is 5. The summed E-state index contributed by atoms with van der Waals surface area (Å²) in [5.74, 6) is 0. The predicted octanol–water partition coefficient (Wildman–Crippen LogP) is 1.93. The van der Waals surface area contributed by atoms with E-state index in [0.717, 1.165) is 18.8 Å². The second kappa shape index (κ2) is 5.44. The molecule has 0 atom stereocenters. The van der Waals surface area contributed by atoms with Gasteiger partial charge in [0.25, 0.3) is 0 Å². The third-order valence-electron chi connectivity index (χ3n) is 2.87. The van der Waals surface area contributed by atoms with Gasteiger partial charge >= 0.3 is 0 Å². The van der Waals surface area contributed by atoms with Gasteiger partial charge in [-0.25, -0.2) is 4.68 Å². The van der Waals surface area contributed by atoms with Crippen LogP contribution in [0.4, 0.5) is 5.69 Å². The van der Waals surface area contributed by atoms with Crippen LogP contribution in [0.3, 0.4) is 0 Å². The number of aromatic nitrogens is 3. The minimum atomic E-state index is 0.336. The van der Waals surface area contributed by atoms with Crippen LogP contribution in [0.2, 0.25) is 0 Å². The van der Waals surface area contributed by atoms with Crippen molar-refractivity contribution >= 4 is 12.0 Å². The summed E-state index contributed by atoms with van der Waals surface area (Å²) >= 11 is 0. The largest absolute Gasteiger partial charge is 0.372 e. The quantitative estimate of drug-likeness (QED) is 0.754. The zero-order valence-electron chi connectivity index (χ0n) is 10.6. The van der Waals surface area contributed by atoms with Crippen molar-refractivity contribution in [1.82, 2.24) is 15.0 Å². The van der Waals surface area contributed by atoms with Gasteiger partial charge in [-0.1, -0.05) is 5.21 Å². The summed E-state index contributed by atoms with van der Waals surface area (Å²) in [6.07, 6.45) is 2.30. The Balaban J connectivity index is 2.24. The van der Waals surface area contributed by atoms with Gasteiger partial charge in [-0.05, 0) is 38.1 Å². The van der Waals surface area contributed by atoms with Gasteiger partial charge in [0.1, 0.15) is 5.69 Å². The molecule has 0 saturated heterocycles. The van der Waals surface area contributed by atoms with Crippen LogP contribution in [0.25, 0.3) is 5.69 Å². The van der Waals surface area contributed by atoms with E-state index in [1.165, 1.54) is 5.69 Å². The Hall–Kier alpha value is -2.17. The molecule has 0 radical (unpaired) electrons. The summed E-state index contributed by atoms with van der Waals surface area (Å²) in [6, 6.07) is 8.03. The van der Waals surface area contributed by atoms with Crippen LogP contribution in [0.15, 0.2) is 30.5 Å². The monoisotopic (exact) mass is 244 g/mol. The Morgan fingerprint density at radius 3 is 2.39 bits per heavy atom. The molecule has 0 N–H and O–H groups in total. The lowest BCUT2D eigenvalue weighted by atomic mass is 10.2. The first-order chi connectivity index (χ1) is 8.78. The first-order valence-corrected chi connectivity index (χ1v) is 6.01. The Labute approximate surface area is 106 Å². The minimum Gasteiger partial charge on any atom is -0.372 e. The van der Waals surface area contributed by atoms with Gasteiger partial charge in [0.05, 0.1) is 11.9 Å². The van der Waals surface area contributed by atoms with Crippen molar-refractivity contribution in [1.29, 1.82) is 0 Å². The van der Waals surface area contributed by atoms with E-state index in [9.17, 15) is 4.79 Å². The molecule has 0 aliphatic rings. The van der Waals surface area contributed by atoms with Gasteiger partial charge in [0, 0.05) is 18.8 Å². The highest BCUT2D eigenvalue weighted by Gasteiger charge is 2.04. The van der Waals surface area contributed by atoms with E-state index in [1.54, 1.807) is 10.9 Å². The Morgan fingerprint density at radius 1 is 1.22 bits per heavy atom. The zero-order chi connectivity index (χ0) is 13.0. The predicted molar refractivity (Wildman–Crippen MR) is 70.3 cm³/mol. The fourth-order valence-corrected chi connectivity index (χ4v) is 1.86. The van der Waals surface area contributed by atoms with E-state index >= 15 is 0 Å². The molecule has 94 valence electrons. The van der Waals surface area contributed by atoms with Crippen molar-refractivity contribution in [2.75, 3.05) is 18.0 Å². The molecule has 0 unspecified atom stereocenters. The summed E-state index contributed by atoms with van der Waals surface area (Å²) in [6.45, 7) is 6.22. The standard InChI is InChI=1S/C13H16N4O/c1-3-16(4-2)12-5-7-13(8-6-12)17-9-11(10-18)14-15-17/h5-10H,3-4H2,1-2H3. The lowest BCUT2D eigenvalue weighted by molar-refractivity contribution is 0.111. The molecule has 0 bridgehead atoms. The van der Waals surface area contributed by atoms with Crippen molar-refractivity contribution in [3.05, 3.63) is 36.2 Å². The average Bonchev–Trinajstić information content (AvgIpc) is 2.90. The molecule has 1 aromatic carbocycles. The molecule has 0 aliphatic heterocycles. The molecule has 2 aromatic rings. The summed E-state index contributed by atoms with van der Waals surface area (Å²) in [5.41, 5.74) is 2.41. The number of benzene rings is 1. The highest BCUT2D eigenvalue weighted by atomic mass is 16.1. The van der Waals surface area contributed by atoms with E-state index in [0.29, 0.717) is 12.0 Å². The van der Waals surface area contributed by atoms with Crippen LogP contribution in [-0.4, -0.2) is 34.4 Å². The molecule has 0 spiro atoms. The SMILES string of the molecule is CCN(CC)c1ccc(-n2cc(C=O)nn2)cc1. The first kappa shape index (κ1) is 12.3. The second-order valence-corrected chi connectivity index (χ2v) is 3.89. The maximum atomic E-state index is 10.5. The molecule has 1 aromatic heterocycles. The highest BCUT2D eigenvalue weighted by molar-refractivity contribution is 5.70. The van der Waals surface area contributed by atoms with Gasteiger partial charge in [-0.3, -0.25) is 4.79 Å². The van der Waals surface area contributed by atoms with Crippen molar-refractivity contribution in [3.8, 4) is 5.69 Å². The number of hydrogen-bond acceptors (Lipinski definition) is 4. The fourth-order valence-electron chi connectivity index (χ4n) is 1.86. The smallest absolute Gasteiger partial charge is 0.171 e. The summed E-state index contributed by atoms with van der Waals surface area (Å²) in [7, 11) is 0. The Kier molecular flexibility index (Phi) is 3.72. The molecule has 0 aliphatic carbocycles. The van der Waals surface area contributed by atoms with Crippen LogP contribution < -0.4 is 4.90 Å². The molecular weight excluding hydrogens is 228 g/mol. The van der Waals surface area contributed by atoms with E-state index in [1.807, 2.05) is 24.3 Å². The number of hydrogen-bond donors (Lipinski definition) is 0.